The molecule has 21 heavy (non-hydrogen) atoms. The van der Waals surface area contributed by atoms with E-state index in [1.165, 1.54) is 0 Å². The minimum absolute atomic E-state index is 0.635. The largest absolute Gasteiger partial charge is 0.708 e. The number of rotatable bonds is 1. The molecule has 2 heterocycles. The van der Waals surface area contributed by atoms with Crippen LogP contribution in [0, 0.1) is 0 Å². The Kier molecular flexibility index (Phi) is 5.20. The average Bonchev–Trinajstić information content (AvgIpc) is 2.46. The number of hydrogen-bond donors (Lipinski definition) is 3. The molecule has 0 radical (unpaired) electrons. The van der Waals surface area contributed by atoms with E-state index in [-0.39, 0.29) is 0 Å². The van der Waals surface area contributed by atoms with E-state index in [0.29, 0.717) is 0 Å². The lowest BCUT2D eigenvalue weighted by Gasteiger charge is -2.22. The van der Waals surface area contributed by atoms with Crippen molar-refractivity contribution < 1.29 is 59.7 Å². The van der Waals surface area contributed by atoms with Crippen molar-refractivity contribution in [1.82, 2.24) is 0 Å². The maximum atomic E-state index is 11.4. The fourth-order valence-electron chi connectivity index (χ4n) is 1.36. The maximum Gasteiger partial charge on any atom is 0.708 e. The van der Waals surface area contributed by atoms with Gasteiger partial charge in [-0.1, -0.05) is 0 Å². The van der Waals surface area contributed by atoms with Gasteiger partial charge in [-0.3, -0.25) is 18.5 Å². The van der Waals surface area contributed by atoms with Crippen LogP contribution in [0.5, 0.6) is 0 Å². The summed E-state index contributed by atoms with van der Waals surface area (Å²) in [5, 5.41) is 0. The normalized spacial score (nSPS) is 51.1. The highest BCUT2D eigenvalue weighted by atomic mass is 31.3. The smallest absolute Gasteiger partial charge is 0.302 e. The first-order valence-electron chi connectivity index (χ1n) is 4.99. The van der Waals surface area contributed by atoms with E-state index in [9.17, 15) is 28.0 Å². The van der Waals surface area contributed by atoms with E-state index in [4.69, 9.17) is 4.89 Å². The summed E-state index contributed by atoms with van der Waals surface area (Å²) < 4.78 is 70.8. The van der Waals surface area contributed by atoms with Gasteiger partial charge in [-0.05, 0) is 4.31 Å². The summed E-state index contributed by atoms with van der Waals surface area (Å²) in [6.07, 6.45) is -3.15. The summed E-state index contributed by atoms with van der Waals surface area (Å²) in [6, 6.07) is 0. The predicted octanol–water partition coefficient (Wildman–Crippen LogP) is 0.809. The van der Waals surface area contributed by atoms with Crippen LogP contribution in [0.4, 0.5) is 0 Å². The molecule has 2 fully saturated rings. The molecular formula is C4H9O13P4+. The molecule has 0 amide bonds. The van der Waals surface area contributed by atoms with Crippen LogP contribution in [0.2, 0.25) is 0 Å². The maximum absolute atomic E-state index is 11.4. The molecule has 13 nitrogen and oxygen atoms in total. The third-order valence-electron chi connectivity index (χ3n) is 2.07. The average molecular weight is 389 g/mol. The first kappa shape index (κ1) is 17.8. The van der Waals surface area contributed by atoms with Crippen LogP contribution >= 0.6 is 31.7 Å². The predicted molar refractivity (Wildman–Crippen MR) is 60.9 cm³/mol. The summed E-state index contributed by atoms with van der Waals surface area (Å²) in [5.41, 5.74) is 0. The monoisotopic (exact) mass is 389 g/mol. The minimum Gasteiger partial charge on any atom is -0.302 e. The first-order valence-corrected chi connectivity index (χ1v) is 10.6. The van der Waals surface area contributed by atoms with E-state index in [0.717, 1.165) is 0 Å². The van der Waals surface area contributed by atoms with Crippen molar-refractivity contribution >= 4 is 31.7 Å². The second kappa shape index (κ2) is 6.14. The second-order valence-electron chi connectivity index (χ2n) is 3.67. The van der Waals surface area contributed by atoms with Crippen LogP contribution in [0.1, 0.15) is 0 Å². The highest BCUT2D eigenvalue weighted by molar-refractivity contribution is 7.61. The van der Waals surface area contributed by atoms with E-state index < -0.39 is 57.1 Å². The molecule has 122 valence electrons. The van der Waals surface area contributed by atoms with Gasteiger partial charge in [-0.15, -0.1) is 4.52 Å². The van der Waals surface area contributed by atoms with Crippen molar-refractivity contribution in [3.8, 4) is 0 Å². The lowest BCUT2D eigenvalue weighted by Crippen LogP contribution is -2.35. The zero-order valence-electron chi connectivity index (χ0n) is 9.78. The van der Waals surface area contributed by atoms with Gasteiger partial charge in [-0.2, -0.15) is 4.31 Å². The highest BCUT2D eigenvalue weighted by Gasteiger charge is 2.50. The summed E-state index contributed by atoms with van der Waals surface area (Å²) in [4.78, 5) is 27.5. The summed E-state index contributed by atoms with van der Waals surface area (Å²) in [5.74, 6) is 0. The Morgan fingerprint density at radius 2 is 1.48 bits per heavy atom. The molecule has 2 saturated heterocycles. The molecule has 0 aromatic carbocycles. The molecule has 0 saturated carbocycles. The van der Waals surface area contributed by atoms with Crippen molar-refractivity contribution in [2.24, 2.45) is 0 Å². The lowest BCUT2D eigenvalue weighted by molar-refractivity contribution is -0.00695. The summed E-state index contributed by atoms with van der Waals surface area (Å²) in [6.45, 7) is -1.44. The molecule has 0 aromatic heterocycles. The Morgan fingerprint density at radius 1 is 0.905 bits per heavy atom. The van der Waals surface area contributed by atoms with Gasteiger partial charge in [0.2, 0.25) is 0 Å². The second-order valence-corrected chi connectivity index (χ2v) is 9.17. The van der Waals surface area contributed by atoms with Gasteiger partial charge < -0.3 is 9.79 Å². The molecule has 2 aliphatic rings. The summed E-state index contributed by atoms with van der Waals surface area (Å²) in [7, 11) is -17.6. The molecule has 2 rings (SSSR count). The van der Waals surface area contributed by atoms with E-state index in [2.05, 4.69) is 26.7 Å². The Balaban J connectivity index is 2.20. The zero-order valence-corrected chi connectivity index (χ0v) is 13.4. The van der Waals surface area contributed by atoms with Gasteiger partial charge in [0.25, 0.3) is 0 Å². The van der Waals surface area contributed by atoms with Gasteiger partial charge in [-0.25, -0.2) is 13.7 Å². The summed E-state index contributed by atoms with van der Waals surface area (Å²) >= 11 is 0. The van der Waals surface area contributed by atoms with Crippen molar-refractivity contribution in [1.29, 1.82) is 0 Å². The Bertz CT molecular complexity index is 571. The fraction of sp³-hybridized carbons (Fsp3) is 1.00. The van der Waals surface area contributed by atoms with Crippen molar-refractivity contribution in [2.45, 2.75) is 12.2 Å². The molecule has 3 N–H and O–H groups in total. The highest BCUT2D eigenvalue weighted by Crippen LogP contribution is 2.64. The molecule has 0 aromatic rings. The topological polar surface area (TPSA) is 184 Å². The van der Waals surface area contributed by atoms with Crippen molar-refractivity contribution in [3.63, 3.8) is 0 Å². The quantitative estimate of drug-likeness (QED) is 0.536. The van der Waals surface area contributed by atoms with Gasteiger partial charge in [0.1, 0.15) is 18.8 Å². The Labute approximate surface area is 117 Å². The van der Waals surface area contributed by atoms with Gasteiger partial charge in [0.15, 0.2) is 0 Å². The number of phosphoric ester groups is 3. The Hall–Kier alpha value is 0.430. The van der Waals surface area contributed by atoms with E-state index in [1.807, 2.05) is 0 Å². The molecule has 6 atom stereocenters. The third kappa shape index (κ3) is 5.23. The molecule has 2 aliphatic heterocycles. The first-order chi connectivity index (χ1) is 9.48. The van der Waals surface area contributed by atoms with Gasteiger partial charge >= 0.3 is 31.7 Å². The number of hydrogen-bond acceptors (Lipinski definition) is 10. The van der Waals surface area contributed by atoms with E-state index in [1.54, 1.807) is 0 Å². The van der Waals surface area contributed by atoms with Crippen LogP contribution in [0.3, 0.4) is 0 Å². The van der Waals surface area contributed by atoms with Crippen LogP contribution in [-0.4, -0.2) is 40.1 Å². The lowest BCUT2D eigenvalue weighted by atomic mass is 10.2. The third-order valence-corrected chi connectivity index (χ3v) is 6.99. The molecule has 0 bridgehead atoms. The van der Waals surface area contributed by atoms with Gasteiger partial charge in [0, 0.05) is 4.57 Å². The van der Waals surface area contributed by atoms with Crippen LogP contribution in [0.25, 0.3) is 0 Å². The molecule has 0 spiro atoms. The standard InChI is InChI=1S/C4H8O13P4/c5-18-12-1-3(14-20(8,9)16-18)4-2-13-19(6,7)17-21(10,11)15-4/h3-4H,1-2H2,(H2-,6,7,8,9,10,11)/p+1/t3-,4+/m0/s1. The van der Waals surface area contributed by atoms with Crippen LogP contribution in [-0.2, 0) is 45.0 Å². The van der Waals surface area contributed by atoms with Crippen LogP contribution < -0.4 is 0 Å². The molecule has 4 unspecified atom stereocenters. The molecule has 0 aliphatic carbocycles. The van der Waals surface area contributed by atoms with Crippen molar-refractivity contribution in [3.05, 3.63) is 0 Å². The van der Waals surface area contributed by atoms with Gasteiger partial charge in [0.05, 0.1) is 6.61 Å². The minimum atomic E-state index is -5.00. The fourth-order valence-corrected chi connectivity index (χ4v) is 5.44. The van der Waals surface area contributed by atoms with E-state index >= 15 is 0 Å². The van der Waals surface area contributed by atoms with Crippen molar-refractivity contribution in [2.75, 3.05) is 13.2 Å². The SMILES string of the molecule is O=[P+]1OC[C@@H]([C@H]2COP(=O)(O)OP(=O)(O)O2)OP(=O)(O)O1. The van der Waals surface area contributed by atoms with Crippen LogP contribution in [0.15, 0.2) is 0 Å². The molecule has 17 heteroatoms. The Morgan fingerprint density at radius 3 is 2.14 bits per heavy atom. The molecular weight excluding hydrogens is 380 g/mol. The number of phosphoric acid groups is 3. The zero-order chi connectivity index (χ0) is 15.9.